The van der Waals surface area contributed by atoms with E-state index in [-0.39, 0.29) is 5.91 Å². The SMILES string of the molecule is O=C(c1ccc(Cl)cc1Cl)N1CC2CC2C1. The molecule has 0 bridgehead atoms. The van der Waals surface area contributed by atoms with E-state index in [0.29, 0.717) is 15.6 Å². The van der Waals surface area contributed by atoms with Gasteiger partial charge in [-0.05, 0) is 36.5 Å². The maximum absolute atomic E-state index is 12.1. The molecule has 2 aliphatic rings. The van der Waals surface area contributed by atoms with Crippen molar-refractivity contribution in [2.75, 3.05) is 13.1 Å². The summed E-state index contributed by atoms with van der Waals surface area (Å²) in [5.74, 6) is 1.53. The maximum Gasteiger partial charge on any atom is 0.255 e. The number of amides is 1. The van der Waals surface area contributed by atoms with Crippen LogP contribution in [-0.4, -0.2) is 23.9 Å². The summed E-state index contributed by atoms with van der Waals surface area (Å²) in [4.78, 5) is 14.0. The van der Waals surface area contributed by atoms with Gasteiger partial charge < -0.3 is 4.90 Å². The van der Waals surface area contributed by atoms with Crippen molar-refractivity contribution in [3.8, 4) is 0 Å². The van der Waals surface area contributed by atoms with Crippen molar-refractivity contribution in [1.29, 1.82) is 0 Å². The molecule has 2 unspecified atom stereocenters. The molecule has 1 aliphatic heterocycles. The second kappa shape index (κ2) is 3.64. The third kappa shape index (κ3) is 1.70. The zero-order valence-electron chi connectivity index (χ0n) is 8.62. The van der Waals surface area contributed by atoms with Gasteiger partial charge in [-0.3, -0.25) is 4.79 Å². The minimum absolute atomic E-state index is 0.0360. The molecule has 0 spiro atoms. The first kappa shape index (κ1) is 10.4. The molecule has 3 rings (SSSR count). The summed E-state index contributed by atoms with van der Waals surface area (Å²) in [7, 11) is 0. The van der Waals surface area contributed by atoms with Gasteiger partial charge >= 0.3 is 0 Å². The predicted molar refractivity (Wildman–Crippen MR) is 64.0 cm³/mol. The Morgan fingerprint density at radius 1 is 1.25 bits per heavy atom. The van der Waals surface area contributed by atoms with E-state index in [9.17, 15) is 4.79 Å². The van der Waals surface area contributed by atoms with Crippen molar-refractivity contribution in [2.45, 2.75) is 6.42 Å². The largest absolute Gasteiger partial charge is 0.338 e. The molecule has 1 aromatic carbocycles. The molecule has 1 amide bonds. The number of piperidine rings is 1. The number of rotatable bonds is 1. The summed E-state index contributed by atoms with van der Waals surface area (Å²) >= 11 is 11.8. The van der Waals surface area contributed by atoms with Gasteiger partial charge in [-0.25, -0.2) is 0 Å². The van der Waals surface area contributed by atoms with Gasteiger partial charge in [-0.15, -0.1) is 0 Å². The number of hydrogen-bond donors (Lipinski definition) is 0. The van der Waals surface area contributed by atoms with Crippen LogP contribution in [-0.2, 0) is 0 Å². The lowest BCUT2D eigenvalue weighted by Crippen LogP contribution is -2.30. The van der Waals surface area contributed by atoms with Crippen molar-refractivity contribution < 1.29 is 4.79 Å². The minimum Gasteiger partial charge on any atom is -0.338 e. The van der Waals surface area contributed by atoms with Crippen molar-refractivity contribution in [1.82, 2.24) is 4.90 Å². The number of carbonyl (C=O) groups is 1. The Morgan fingerprint density at radius 3 is 2.56 bits per heavy atom. The zero-order valence-corrected chi connectivity index (χ0v) is 10.1. The number of benzene rings is 1. The molecule has 2 atom stereocenters. The summed E-state index contributed by atoms with van der Waals surface area (Å²) < 4.78 is 0. The molecule has 4 heteroatoms. The van der Waals surface area contributed by atoms with Crippen LogP contribution >= 0.6 is 23.2 Å². The summed E-state index contributed by atoms with van der Waals surface area (Å²) in [6, 6.07) is 5.03. The van der Waals surface area contributed by atoms with Crippen molar-refractivity contribution in [2.24, 2.45) is 11.8 Å². The summed E-state index contributed by atoms with van der Waals surface area (Å²) in [6.45, 7) is 1.78. The Morgan fingerprint density at radius 2 is 1.94 bits per heavy atom. The predicted octanol–water partition coefficient (Wildman–Crippen LogP) is 3.09. The Balaban J connectivity index is 1.83. The average Bonchev–Trinajstić information content (AvgIpc) is 2.85. The van der Waals surface area contributed by atoms with Crippen molar-refractivity contribution in [3.05, 3.63) is 33.8 Å². The fraction of sp³-hybridized carbons (Fsp3) is 0.417. The van der Waals surface area contributed by atoms with Gasteiger partial charge in [0.05, 0.1) is 10.6 Å². The molecule has 0 radical (unpaired) electrons. The molecule has 1 aromatic rings. The van der Waals surface area contributed by atoms with E-state index in [1.807, 2.05) is 4.90 Å². The molecule has 1 aliphatic carbocycles. The minimum atomic E-state index is 0.0360. The van der Waals surface area contributed by atoms with Crippen LogP contribution in [0.1, 0.15) is 16.8 Å². The molecule has 1 heterocycles. The highest BCUT2D eigenvalue weighted by Crippen LogP contribution is 2.45. The lowest BCUT2D eigenvalue weighted by molar-refractivity contribution is 0.0776. The van der Waals surface area contributed by atoms with Crippen LogP contribution in [0.4, 0.5) is 0 Å². The van der Waals surface area contributed by atoms with Crippen LogP contribution in [0.25, 0.3) is 0 Å². The van der Waals surface area contributed by atoms with E-state index in [4.69, 9.17) is 23.2 Å². The first-order valence-corrected chi connectivity index (χ1v) is 6.15. The second-order valence-electron chi connectivity index (χ2n) is 4.59. The number of hydrogen-bond acceptors (Lipinski definition) is 1. The number of carbonyl (C=O) groups excluding carboxylic acids is 1. The van der Waals surface area contributed by atoms with E-state index in [0.717, 1.165) is 24.9 Å². The Labute approximate surface area is 104 Å². The Bertz CT molecular complexity index is 450. The topological polar surface area (TPSA) is 20.3 Å². The molecular weight excluding hydrogens is 245 g/mol. The molecule has 0 N–H and O–H groups in total. The summed E-state index contributed by atoms with van der Waals surface area (Å²) in [5, 5.41) is 1.00. The lowest BCUT2D eigenvalue weighted by atomic mass is 10.2. The fourth-order valence-electron chi connectivity index (χ4n) is 2.40. The first-order valence-electron chi connectivity index (χ1n) is 5.39. The first-order chi connectivity index (χ1) is 7.65. The van der Waals surface area contributed by atoms with Gasteiger partial charge in [0.2, 0.25) is 0 Å². The monoisotopic (exact) mass is 255 g/mol. The van der Waals surface area contributed by atoms with Crippen molar-refractivity contribution >= 4 is 29.1 Å². The lowest BCUT2D eigenvalue weighted by Gasteiger charge is -2.18. The molecule has 0 aromatic heterocycles. The third-order valence-corrected chi connectivity index (χ3v) is 3.98. The van der Waals surface area contributed by atoms with Crippen LogP contribution in [0.3, 0.4) is 0 Å². The van der Waals surface area contributed by atoms with Crippen LogP contribution in [0.2, 0.25) is 10.0 Å². The standard InChI is InChI=1S/C12H11Cl2NO/c13-9-1-2-10(11(14)4-9)12(16)15-5-7-3-8(7)6-15/h1-2,4,7-8H,3,5-6H2. The Hall–Kier alpha value is -0.730. The normalized spacial score (nSPS) is 26.8. The van der Waals surface area contributed by atoms with Gasteiger partial charge in [0.15, 0.2) is 0 Å². The van der Waals surface area contributed by atoms with E-state index in [2.05, 4.69) is 0 Å². The second-order valence-corrected chi connectivity index (χ2v) is 5.43. The number of fused-ring (bicyclic) bond motifs is 1. The highest BCUT2D eigenvalue weighted by molar-refractivity contribution is 6.36. The zero-order chi connectivity index (χ0) is 11.3. The van der Waals surface area contributed by atoms with Gasteiger partial charge in [-0.1, -0.05) is 23.2 Å². The number of halogens is 2. The van der Waals surface area contributed by atoms with Gasteiger partial charge in [-0.2, -0.15) is 0 Å². The average molecular weight is 256 g/mol. The molecule has 1 saturated heterocycles. The number of likely N-dealkylation sites (tertiary alicyclic amines) is 1. The maximum atomic E-state index is 12.1. The summed E-state index contributed by atoms with van der Waals surface area (Å²) in [5.41, 5.74) is 0.562. The quantitative estimate of drug-likeness (QED) is 0.756. The molecule has 2 nitrogen and oxygen atoms in total. The van der Waals surface area contributed by atoms with Gasteiger partial charge in [0, 0.05) is 18.1 Å². The highest BCUT2D eigenvalue weighted by Gasteiger charge is 2.46. The number of nitrogens with zero attached hydrogens (tertiary/aromatic N) is 1. The smallest absolute Gasteiger partial charge is 0.255 e. The molecule has 16 heavy (non-hydrogen) atoms. The fourth-order valence-corrected chi connectivity index (χ4v) is 2.89. The van der Waals surface area contributed by atoms with Crippen LogP contribution < -0.4 is 0 Å². The molecule has 2 fully saturated rings. The molecule has 84 valence electrons. The van der Waals surface area contributed by atoms with Crippen LogP contribution in [0.15, 0.2) is 18.2 Å². The third-order valence-electron chi connectivity index (χ3n) is 3.43. The molecular formula is C12H11Cl2NO. The van der Waals surface area contributed by atoms with Crippen molar-refractivity contribution in [3.63, 3.8) is 0 Å². The van der Waals surface area contributed by atoms with E-state index in [1.165, 1.54) is 6.42 Å². The van der Waals surface area contributed by atoms with E-state index in [1.54, 1.807) is 18.2 Å². The van der Waals surface area contributed by atoms with Gasteiger partial charge in [0.25, 0.3) is 5.91 Å². The van der Waals surface area contributed by atoms with Crippen LogP contribution in [0, 0.1) is 11.8 Å². The van der Waals surface area contributed by atoms with Gasteiger partial charge in [0.1, 0.15) is 0 Å². The highest BCUT2D eigenvalue weighted by atomic mass is 35.5. The molecule has 1 saturated carbocycles. The van der Waals surface area contributed by atoms with E-state index >= 15 is 0 Å². The van der Waals surface area contributed by atoms with Crippen LogP contribution in [0.5, 0.6) is 0 Å². The summed E-state index contributed by atoms with van der Waals surface area (Å²) in [6.07, 6.45) is 1.29. The Kier molecular flexibility index (Phi) is 2.37. The van der Waals surface area contributed by atoms with E-state index < -0.39 is 0 Å².